The SMILES string of the molecule is COC(=O)[C@H](Cc1ccccc1)n1c(=O)c2cnc(N3CCCC3)nc2n(Cc2ccc(C#N)cc2)c1=O. The molecular formula is C28H26N6O4. The van der Waals surface area contributed by atoms with Crippen molar-refractivity contribution in [2.75, 3.05) is 25.1 Å². The summed E-state index contributed by atoms with van der Waals surface area (Å²) in [6.07, 6.45) is 3.56. The van der Waals surface area contributed by atoms with E-state index in [1.54, 1.807) is 24.3 Å². The second kappa shape index (κ2) is 10.7. The van der Waals surface area contributed by atoms with Gasteiger partial charge in [-0.1, -0.05) is 42.5 Å². The molecule has 0 spiro atoms. The number of rotatable bonds is 7. The van der Waals surface area contributed by atoms with E-state index < -0.39 is 23.3 Å². The van der Waals surface area contributed by atoms with E-state index in [4.69, 9.17) is 10.00 Å². The second-order valence-electron chi connectivity index (χ2n) is 9.18. The van der Waals surface area contributed by atoms with Gasteiger partial charge in [0.1, 0.15) is 11.4 Å². The molecule has 0 radical (unpaired) electrons. The molecule has 10 heteroatoms. The Morgan fingerprint density at radius 1 is 1.05 bits per heavy atom. The van der Waals surface area contributed by atoms with Gasteiger partial charge in [-0.3, -0.25) is 9.36 Å². The van der Waals surface area contributed by atoms with Gasteiger partial charge in [-0.05, 0) is 36.1 Å². The van der Waals surface area contributed by atoms with E-state index in [0.29, 0.717) is 11.5 Å². The lowest BCUT2D eigenvalue weighted by molar-refractivity contribution is -0.144. The standard InChI is InChI=1S/C28H26N6O4/c1-38-26(36)23(15-19-7-3-2-4-8-19)34-25(35)22-17-30-27(32-13-5-6-14-32)31-24(22)33(28(34)37)18-21-11-9-20(16-29)10-12-21/h2-4,7-12,17,23H,5-6,13-15,18H2,1H3/t23-/m0/s1. The minimum absolute atomic E-state index is 0.0804. The molecule has 5 rings (SSSR count). The summed E-state index contributed by atoms with van der Waals surface area (Å²) in [5, 5.41) is 9.28. The number of aromatic nitrogens is 4. The van der Waals surface area contributed by atoms with Gasteiger partial charge in [0, 0.05) is 25.7 Å². The van der Waals surface area contributed by atoms with E-state index in [1.165, 1.54) is 17.9 Å². The summed E-state index contributed by atoms with van der Waals surface area (Å²) in [6.45, 7) is 1.67. The van der Waals surface area contributed by atoms with Crippen molar-refractivity contribution in [3.05, 3.63) is 98.3 Å². The third-order valence-corrected chi connectivity index (χ3v) is 6.77. The predicted molar refractivity (Wildman–Crippen MR) is 141 cm³/mol. The zero-order valence-electron chi connectivity index (χ0n) is 20.9. The Hall–Kier alpha value is -4.78. The molecule has 1 fully saturated rings. The Kier molecular flexibility index (Phi) is 7.00. The van der Waals surface area contributed by atoms with E-state index in [2.05, 4.69) is 16.0 Å². The van der Waals surface area contributed by atoms with E-state index in [1.807, 2.05) is 35.2 Å². The van der Waals surface area contributed by atoms with Crippen LogP contribution in [0.5, 0.6) is 0 Å². The van der Waals surface area contributed by atoms with Crippen molar-refractivity contribution >= 4 is 23.0 Å². The van der Waals surface area contributed by atoms with Gasteiger partial charge in [0.05, 0.1) is 25.3 Å². The highest BCUT2D eigenvalue weighted by Crippen LogP contribution is 2.20. The minimum atomic E-state index is -1.18. The molecule has 1 atom stereocenters. The molecule has 0 N–H and O–H groups in total. The average Bonchev–Trinajstić information content (AvgIpc) is 3.50. The summed E-state index contributed by atoms with van der Waals surface area (Å²) in [6, 6.07) is 16.9. The first-order chi connectivity index (χ1) is 18.5. The fraction of sp³-hybridized carbons (Fsp3) is 0.286. The lowest BCUT2D eigenvalue weighted by atomic mass is 10.1. The summed E-state index contributed by atoms with van der Waals surface area (Å²) in [5.74, 6) is -0.249. The van der Waals surface area contributed by atoms with Crippen LogP contribution in [0.25, 0.3) is 11.0 Å². The van der Waals surface area contributed by atoms with Crippen molar-refractivity contribution in [1.82, 2.24) is 19.1 Å². The summed E-state index contributed by atoms with van der Waals surface area (Å²) in [5.41, 5.74) is 0.860. The third-order valence-electron chi connectivity index (χ3n) is 6.77. The molecule has 4 aromatic rings. The van der Waals surface area contributed by atoms with Crippen LogP contribution in [-0.2, 0) is 22.5 Å². The van der Waals surface area contributed by atoms with Gasteiger partial charge in [0.2, 0.25) is 5.95 Å². The van der Waals surface area contributed by atoms with Gasteiger partial charge >= 0.3 is 11.7 Å². The van der Waals surface area contributed by atoms with Crippen LogP contribution < -0.4 is 16.1 Å². The Labute approximate surface area is 218 Å². The number of esters is 1. The molecule has 1 aliphatic heterocycles. The van der Waals surface area contributed by atoms with Crippen LogP contribution in [-0.4, -0.2) is 45.3 Å². The number of methoxy groups -OCH3 is 1. The Bertz CT molecular complexity index is 1630. The first-order valence-electron chi connectivity index (χ1n) is 12.4. The molecule has 0 bridgehead atoms. The summed E-state index contributed by atoms with van der Waals surface area (Å²) in [4.78, 5) is 51.8. The van der Waals surface area contributed by atoms with Crippen LogP contribution in [0.15, 0.2) is 70.4 Å². The number of ether oxygens (including phenoxy) is 1. The van der Waals surface area contributed by atoms with Crippen molar-refractivity contribution in [3.63, 3.8) is 0 Å². The topological polar surface area (TPSA) is 123 Å². The summed E-state index contributed by atoms with van der Waals surface area (Å²) >= 11 is 0. The van der Waals surface area contributed by atoms with Crippen molar-refractivity contribution < 1.29 is 9.53 Å². The van der Waals surface area contributed by atoms with Gasteiger partial charge in [-0.15, -0.1) is 0 Å². The molecule has 0 unspecified atom stereocenters. The van der Waals surface area contributed by atoms with Crippen molar-refractivity contribution in [2.45, 2.75) is 31.8 Å². The fourth-order valence-electron chi connectivity index (χ4n) is 4.77. The molecule has 0 amide bonds. The highest BCUT2D eigenvalue weighted by atomic mass is 16.5. The first kappa shape index (κ1) is 24.9. The van der Waals surface area contributed by atoms with Crippen LogP contribution in [0.1, 0.15) is 35.6 Å². The van der Waals surface area contributed by atoms with Crippen LogP contribution in [0.4, 0.5) is 5.95 Å². The molecule has 192 valence electrons. The van der Waals surface area contributed by atoms with E-state index in [-0.39, 0.29) is 24.0 Å². The summed E-state index contributed by atoms with van der Waals surface area (Å²) in [7, 11) is 1.23. The number of nitrogens with zero attached hydrogens (tertiary/aromatic N) is 6. The van der Waals surface area contributed by atoms with Crippen LogP contribution >= 0.6 is 0 Å². The Morgan fingerprint density at radius 2 is 1.76 bits per heavy atom. The summed E-state index contributed by atoms with van der Waals surface area (Å²) < 4.78 is 7.35. The first-order valence-corrected chi connectivity index (χ1v) is 12.4. The number of fused-ring (bicyclic) bond motifs is 1. The maximum absolute atomic E-state index is 14.0. The maximum Gasteiger partial charge on any atom is 0.333 e. The number of hydrogen-bond acceptors (Lipinski definition) is 8. The smallest absolute Gasteiger partial charge is 0.333 e. The van der Waals surface area contributed by atoms with Crippen molar-refractivity contribution in [1.29, 1.82) is 5.26 Å². The number of anilines is 1. The van der Waals surface area contributed by atoms with Crippen LogP contribution in [0.3, 0.4) is 0 Å². The zero-order valence-corrected chi connectivity index (χ0v) is 20.9. The van der Waals surface area contributed by atoms with Gasteiger partial charge in [0.25, 0.3) is 5.56 Å². The predicted octanol–water partition coefficient (Wildman–Crippen LogP) is 2.43. The van der Waals surface area contributed by atoms with E-state index >= 15 is 0 Å². The highest BCUT2D eigenvalue weighted by Gasteiger charge is 2.29. The lowest BCUT2D eigenvalue weighted by Crippen LogP contribution is -2.46. The number of hydrogen-bond donors (Lipinski definition) is 0. The van der Waals surface area contributed by atoms with Gasteiger partial charge < -0.3 is 9.64 Å². The molecule has 0 saturated carbocycles. The fourth-order valence-corrected chi connectivity index (χ4v) is 4.77. The highest BCUT2D eigenvalue weighted by molar-refractivity contribution is 5.77. The molecule has 0 aliphatic carbocycles. The molecule has 2 aromatic carbocycles. The zero-order chi connectivity index (χ0) is 26.6. The van der Waals surface area contributed by atoms with Crippen LogP contribution in [0.2, 0.25) is 0 Å². The molecule has 1 saturated heterocycles. The number of carbonyl (C=O) groups excluding carboxylic acids is 1. The normalized spacial score (nSPS) is 13.8. The Morgan fingerprint density at radius 3 is 2.42 bits per heavy atom. The van der Waals surface area contributed by atoms with E-state index in [9.17, 15) is 14.4 Å². The maximum atomic E-state index is 14.0. The molecule has 1 aliphatic rings. The quantitative estimate of drug-likeness (QED) is 0.347. The minimum Gasteiger partial charge on any atom is -0.467 e. The van der Waals surface area contributed by atoms with Crippen molar-refractivity contribution in [2.24, 2.45) is 0 Å². The van der Waals surface area contributed by atoms with Gasteiger partial charge in [-0.2, -0.15) is 10.2 Å². The monoisotopic (exact) mass is 510 g/mol. The van der Waals surface area contributed by atoms with Crippen molar-refractivity contribution in [3.8, 4) is 6.07 Å². The van der Waals surface area contributed by atoms with Gasteiger partial charge in [0.15, 0.2) is 5.65 Å². The second-order valence-corrected chi connectivity index (χ2v) is 9.18. The molecule has 2 aromatic heterocycles. The van der Waals surface area contributed by atoms with Crippen LogP contribution in [0, 0.1) is 11.3 Å². The molecule has 3 heterocycles. The molecule has 10 nitrogen and oxygen atoms in total. The number of nitriles is 1. The lowest BCUT2D eigenvalue weighted by Gasteiger charge is -2.21. The van der Waals surface area contributed by atoms with Gasteiger partial charge in [-0.25, -0.2) is 19.1 Å². The molecular weight excluding hydrogens is 484 g/mol. The third kappa shape index (κ3) is 4.78. The van der Waals surface area contributed by atoms with E-state index in [0.717, 1.165) is 41.6 Å². The average molecular weight is 511 g/mol. The number of benzene rings is 2. The number of carbonyl (C=O) groups is 1. The largest absolute Gasteiger partial charge is 0.467 e. The molecule has 38 heavy (non-hydrogen) atoms. The Balaban J connectivity index is 1.72.